The van der Waals surface area contributed by atoms with Crippen LogP contribution in [0.1, 0.15) is 24.5 Å². The number of benzene rings is 1. The van der Waals surface area contributed by atoms with Gasteiger partial charge in [-0.05, 0) is 24.9 Å². The first-order valence-electron chi connectivity index (χ1n) is 5.52. The molecule has 1 aromatic carbocycles. The second-order valence-electron chi connectivity index (χ2n) is 3.97. The van der Waals surface area contributed by atoms with Crippen molar-refractivity contribution in [1.29, 1.82) is 0 Å². The third-order valence-corrected chi connectivity index (χ3v) is 2.84. The molecule has 0 spiro atoms. The van der Waals surface area contributed by atoms with Gasteiger partial charge in [0.1, 0.15) is 6.10 Å². The van der Waals surface area contributed by atoms with Gasteiger partial charge < -0.3 is 15.8 Å². The Balaban J connectivity index is 2.16. The number of nitrogens with one attached hydrogen (secondary N) is 1. The molecule has 3 N–H and O–H groups in total. The number of ether oxygens (including phenoxy) is 1. The number of carbonyl (C=O) groups excluding carboxylic acids is 1. The molecular weight excluding hydrogens is 204 g/mol. The van der Waals surface area contributed by atoms with Crippen molar-refractivity contribution in [1.82, 2.24) is 5.32 Å². The number of primary amides is 1. The van der Waals surface area contributed by atoms with Gasteiger partial charge in [-0.3, -0.25) is 0 Å². The van der Waals surface area contributed by atoms with Crippen LogP contribution in [0.5, 0.6) is 0 Å². The summed E-state index contributed by atoms with van der Waals surface area (Å²) in [5, 5.41) is 3.33. The van der Waals surface area contributed by atoms with Crippen molar-refractivity contribution in [2.24, 2.45) is 5.73 Å². The number of amides is 1. The Hall–Kier alpha value is -1.55. The molecule has 2 rings (SSSR count). The Labute approximate surface area is 94.8 Å². The van der Waals surface area contributed by atoms with Crippen LogP contribution < -0.4 is 11.1 Å². The maximum Gasteiger partial charge on any atom is 0.405 e. The number of hydrogen-bond donors (Lipinski definition) is 2. The first-order chi connectivity index (χ1) is 7.77. The van der Waals surface area contributed by atoms with Gasteiger partial charge in [0.2, 0.25) is 0 Å². The van der Waals surface area contributed by atoms with Gasteiger partial charge in [0, 0.05) is 6.04 Å². The topological polar surface area (TPSA) is 64.4 Å². The molecule has 1 aromatic rings. The van der Waals surface area contributed by atoms with Crippen LogP contribution in [-0.2, 0) is 4.74 Å². The highest BCUT2D eigenvalue weighted by atomic mass is 16.6. The maximum absolute atomic E-state index is 10.9. The molecule has 1 fully saturated rings. The highest BCUT2D eigenvalue weighted by Crippen LogP contribution is 2.26. The summed E-state index contributed by atoms with van der Waals surface area (Å²) in [7, 11) is 0. The maximum atomic E-state index is 10.9. The molecule has 0 aliphatic carbocycles. The van der Waals surface area contributed by atoms with E-state index in [4.69, 9.17) is 10.5 Å². The van der Waals surface area contributed by atoms with E-state index >= 15 is 0 Å². The van der Waals surface area contributed by atoms with Crippen molar-refractivity contribution in [3.05, 3.63) is 35.9 Å². The summed E-state index contributed by atoms with van der Waals surface area (Å²) in [6.45, 7) is 0.968. The van der Waals surface area contributed by atoms with Crippen molar-refractivity contribution in [2.45, 2.75) is 25.0 Å². The van der Waals surface area contributed by atoms with Crippen LogP contribution >= 0.6 is 0 Å². The average molecular weight is 220 g/mol. The summed E-state index contributed by atoms with van der Waals surface area (Å²) >= 11 is 0. The average Bonchev–Trinajstić information content (AvgIpc) is 2.80. The largest absolute Gasteiger partial charge is 0.440 e. The lowest BCUT2D eigenvalue weighted by molar-refractivity contribution is 0.0855. The molecule has 1 aliphatic rings. The monoisotopic (exact) mass is 220 g/mol. The van der Waals surface area contributed by atoms with Crippen LogP contribution in [0.15, 0.2) is 30.3 Å². The third-order valence-electron chi connectivity index (χ3n) is 2.84. The SMILES string of the molecule is NC(=O)OC(c1ccccc1)C1CCCN1. The van der Waals surface area contributed by atoms with Gasteiger partial charge in [0.15, 0.2) is 0 Å². The van der Waals surface area contributed by atoms with Crippen LogP contribution in [0.25, 0.3) is 0 Å². The molecule has 1 aliphatic heterocycles. The molecule has 4 heteroatoms. The molecule has 2 atom stereocenters. The molecule has 0 saturated carbocycles. The lowest BCUT2D eigenvalue weighted by Gasteiger charge is -2.23. The highest BCUT2D eigenvalue weighted by Gasteiger charge is 2.28. The fraction of sp³-hybridized carbons (Fsp3) is 0.417. The van der Waals surface area contributed by atoms with Gasteiger partial charge >= 0.3 is 6.09 Å². The van der Waals surface area contributed by atoms with Crippen LogP contribution in [0.4, 0.5) is 4.79 Å². The predicted molar refractivity (Wildman–Crippen MR) is 60.9 cm³/mol. The molecule has 0 bridgehead atoms. The lowest BCUT2D eigenvalue weighted by Crippen LogP contribution is -2.33. The standard InChI is InChI=1S/C12H16N2O2/c13-12(15)16-11(10-7-4-8-14-10)9-5-2-1-3-6-9/h1-3,5-6,10-11,14H,4,7-8H2,(H2,13,15). The Bertz CT molecular complexity index is 347. The van der Waals surface area contributed by atoms with Crippen LogP contribution in [0.3, 0.4) is 0 Å². The van der Waals surface area contributed by atoms with Gasteiger partial charge in [0.25, 0.3) is 0 Å². The van der Waals surface area contributed by atoms with Gasteiger partial charge in [-0.2, -0.15) is 0 Å². The van der Waals surface area contributed by atoms with E-state index in [0.29, 0.717) is 0 Å². The molecule has 0 aromatic heterocycles. The van der Waals surface area contributed by atoms with Crippen molar-refractivity contribution in [2.75, 3.05) is 6.54 Å². The summed E-state index contributed by atoms with van der Waals surface area (Å²) in [5.74, 6) is 0. The van der Waals surface area contributed by atoms with E-state index in [1.54, 1.807) is 0 Å². The quantitative estimate of drug-likeness (QED) is 0.812. The Morgan fingerprint density at radius 3 is 2.75 bits per heavy atom. The summed E-state index contributed by atoms with van der Waals surface area (Å²) < 4.78 is 5.20. The smallest absolute Gasteiger partial charge is 0.405 e. The second kappa shape index (κ2) is 4.99. The lowest BCUT2D eigenvalue weighted by atomic mass is 10.0. The Morgan fingerprint density at radius 1 is 1.44 bits per heavy atom. The zero-order valence-corrected chi connectivity index (χ0v) is 9.06. The molecule has 1 amide bonds. The van der Waals surface area contributed by atoms with E-state index in [9.17, 15) is 4.79 Å². The molecule has 86 valence electrons. The zero-order chi connectivity index (χ0) is 11.4. The summed E-state index contributed by atoms with van der Waals surface area (Å²) in [6.07, 6.45) is 1.12. The van der Waals surface area contributed by atoms with E-state index in [0.717, 1.165) is 24.9 Å². The molecule has 0 radical (unpaired) electrons. The molecule has 4 nitrogen and oxygen atoms in total. The molecule has 16 heavy (non-hydrogen) atoms. The number of nitrogens with two attached hydrogens (primary N) is 1. The van der Waals surface area contributed by atoms with Gasteiger partial charge in [-0.1, -0.05) is 30.3 Å². The third kappa shape index (κ3) is 2.52. The summed E-state index contributed by atoms with van der Waals surface area (Å²) in [4.78, 5) is 10.9. The number of hydrogen-bond acceptors (Lipinski definition) is 3. The second-order valence-corrected chi connectivity index (χ2v) is 3.97. The van der Waals surface area contributed by atoms with E-state index < -0.39 is 6.09 Å². The van der Waals surface area contributed by atoms with Crippen molar-refractivity contribution in [3.63, 3.8) is 0 Å². The van der Waals surface area contributed by atoms with Crippen molar-refractivity contribution >= 4 is 6.09 Å². The van der Waals surface area contributed by atoms with Gasteiger partial charge in [-0.15, -0.1) is 0 Å². The molecule has 1 heterocycles. The van der Waals surface area contributed by atoms with Gasteiger partial charge in [-0.25, -0.2) is 4.79 Å². The zero-order valence-electron chi connectivity index (χ0n) is 9.06. The number of carbonyl (C=O) groups is 1. The number of rotatable bonds is 3. The first-order valence-corrected chi connectivity index (χ1v) is 5.52. The van der Waals surface area contributed by atoms with Crippen molar-refractivity contribution in [3.8, 4) is 0 Å². The van der Waals surface area contributed by atoms with Gasteiger partial charge in [0.05, 0.1) is 0 Å². The highest BCUT2D eigenvalue weighted by molar-refractivity contribution is 5.65. The molecular formula is C12H16N2O2. The Morgan fingerprint density at radius 2 is 2.19 bits per heavy atom. The minimum atomic E-state index is -0.720. The summed E-state index contributed by atoms with van der Waals surface area (Å²) in [6, 6.07) is 9.88. The fourth-order valence-corrected chi connectivity index (χ4v) is 2.12. The summed E-state index contributed by atoms with van der Waals surface area (Å²) in [5.41, 5.74) is 6.10. The van der Waals surface area contributed by atoms with E-state index in [1.165, 1.54) is 0 Å². The fourth-order valence-electron chi connectivity index (χ4n) is 2.12. The van der Waals surface area contributed by atoms with Crippen LogP contribution in [0.2, 0.25) is 0 Å². The van der Waals surface area contributed by atoms with Crippen LogP contribution in [-0.4, -0.2) is 18.7 Å². The molecule has 1 saturated heterocycles. The van der Waals surface area contributed by atoms with E-state index in [1.807, 2.05) is 30.3 Å². The normalized spacial score (nSPS) is 21.6. The minimum absolute atomic E-state index is 0.176. The minimum Gasteiger partial charge on any atom is -0.440 e. The van der Waals surface area contributed by atoms with E-state index in [2.05, 4.69) is 5.32 Å². The van der Waals surface area contributed by atoms with E-state index in [-0.39, 0.29) is 12.1 Å². The molecule has 2 unspecified atom stereocenters. The Kier molecular flexibility index (Phi) is 3.41. The van der Waals surface area contributed by atoms with Crippen molar-refractivity contribution < 1.29 is 9.53 Å². The predicted octanol–water partition coefficient (Wildman–Crippen LogP) is 1.58. The van der Waals surface area contributed by atoms with Crippen LogP contribution in [0, 0.1) is 0 Å². The first kappa shape index (κ1) is 11.0.